The molecule has 1 heteroatoms. The van der Waals surface area contributed by atoms with E-state index in [4.69, 9.17) is 0 Å². The van der Waals surface area contributed by atoms with Crippen LogP contribution in [-0.4, -0.2) is 0 Å². The van der Waals surface area contributed by atoms with E-state index in [1.165, 1.54) is 111 Å². The molecule has 4 aliphatic carbocycles. The molecule has 0 heterocycles. The fourth-order valence-electron chi connectivity index (χ4n) is 13.4. The first kappa shape index (κ1) is 38.3. The Morgan fingerprint density at radius 1 is 0.188 bits per heavy atom. The third kappa shape index (κ3) is 4.98. The van der Waals surface area contributed by atoms with Gasteiger partial charge in [0.2, 0.25) is 0 Å². The summed E-state index contributed by atoms with van der Waals surface area (Å²) in [5.41, 5.74) is 29.0. The lowest BCUT2D eigenvalue weighted by atomic mass is 9.70. The van der Waals surface area contributed by atoms with Gasteiger partial charge in [-0.2, -0.15) is 0 Å². The standard InChI is InChI=1S/C68H43N/c1-2-18-46(19-3-1)69(47-40-36-44(37-41-47)49-26-16-34-63-65(49)55-24-8-14-32-61(55)67(63)57-28-10-4-20-51(57)52-21-5-11-29-58(52)67)48-42-38-45(39-43-48)50-27-17-35-64-66(50)56-25-9-15-33-62(56)68(64)59-30-12-6-22-53(59)54-23-7-13-31-60(54)68/h1-43H. The van der Waals surface area contributed by atoms with Gasteiger partial charge in [0.05, 0.1) is 10.8 Å². The molecule has 320 valence electrons. The topological polar surface area (TPSA) is 3.24 Å². The summed E-state index contributed by atoms with van der Waals surface area (Å²) in [5, 5.41) is 0. The highest BCUT2D eigenvalue weighted by Gasteiger charge is 2.53. The average Bonchev–Trinajstić information content (AvgIpc) is 4.11. The molecular weight excluding hydrogens is 831 g/mol. The van der Waals surface area contributed by atoms with Crippen molar-refractivity contribution < 1.29 is 0 Å². The fraction of sp³-hybridized carbons (Fsp3) is 0.0294. The van der Waals surface area contributed by atoms with Crippen LogP contribution in [0.3, 0.4) is 0 Å². The number of para-hydroxylation sites is 1. The molecular formula is C68H43N. The highest BCUT2D eigenvalue weighted by Crippen LogP contribution is 2.65. The number of benzene rings is 11. The summed E-state index contributed by atoms with van der Waals surface area (Å²) in [4.78, 5) is 2.38. The molecule has 0 aliphatic heterocycles. The number of anilines is 3. The Morgan fingerprint density at radius 3 is 0.812 bits per heavy atom. The summed E-state index contributed by atoms with van der Waals surface area (Å²) < 4.78 is 0. The van der Waals surface area contributed by atoms with Crippen molar-refractivity contribution in [3.8, 4) is 66.8 Å². The molecule has 2 spiro atoms. The van der Waals surface area contributed by atoms with E-state index < -0.39 is 0 Å². The van der Waals surface area contributed by atoms with Gasteiger partial charge in [-0.15, -0.1) is 0 Å². The Balaban J connectivity index is 0.836. The third-order valence-electron chi connectivity index (χ3n) is 15.9. The second-order valence-electron chi connectivity index (χ2n) is 19.0. The maximum Gasteiger partial charge on any atom is 0.0725 e. The van der Waals surface area contributed by atoms with E-state index in [1.54, 1.807) is 0 Å². The van der Waals surface area contributed by atoms with Crippen LogP contribution >= 0.6 is 0 Å². The largest absolute Gasteiger partial charge is 0.311 e. The summed E-state index contributed by atoms with van der Waals surface area (Å²) >= 11 is 0. The monoisotopic (exact) mass is 873 g/mol. The molecule has 0 amide bonds. The van der Waals surface area contributed by atoms with Crippen molar-refractivity contribution in [1.29, 1.82) is 0 Å². The van der Waals surface area contributed by atoms with Crippen LogP contribution in [-0.2, 0) is 10.8 Å². The first-order chi connectivity index (χ1) is 34.3. The van der Waals surface area contributed by atoms with Gasteiger partial charge in [-0.05, 0) is 148 Å². The average molecular weight is 874 g/mol. The molecule has 0 N–H and O–H groups in total. The fourth-order valence-corrected chi connectivity index (χ4v) is 13.4. The van der Waals surface area contributed by atoms with Crippen LogP contribution in [0.4, 0.5) is 17.1 Å². The highest BCUT2D eigenvalue weighted by molar-refractivity contribution is 6.02. The molecule has 69 heavy (non-hydrogen) atoms. The van der Waals surface area contributed by atoms with E-state index in [0.717, 1.165) is 17.1 Å². The lowest BCUT2D eigenvalue weighted by Gasteiger charge is -2.30. The van der Waals surface area contributed by atoms with E-state index in [-0.39, 0.29) is 10.8 Å². The summed E-state index contributed by atoms with van der Waals surface area (Å²) in [5.74, 6) is 0. The van der Waals surface area contributed by atoms with E-state index in [1.807, 2.05) is 0 Å². The van der Waals surface area contributed by atoms with Gasteiger partial charge >= 0.3 is 0 Å². The van der Waals surface area contributed by atoms with E-state index in [9.17, 15) is 0 Å². The van der Waals surface area contributed by atoms with Gasteiger partial charge < -0.3 is 4.90 Å². The smallest absolute Gasteiger partial charge is 0.0725 e. The minimum Gasteiger partial charge on any atom is -0.311 e. The van der Waals surface area contributed by atoms with E-state index in [2.05, 4.69) is 266 Å². The normalized spacial score (nSPS) is 14.0. The van der Waals surface area contributed by atoms with Crippen molar-refractivity contribution in [2.75, 3.05) is 4.90 Å². The van der Waals surface area contributed by atoms with Crippen LogP contribution in [0.5, 0.6) is 0 Å². The molecule has 1 nitrogen and oxygen atoms in total. The Hall–Kier alpha value is -8.78. The summed E-state index contributed by atoms with van der Waals surface area (Å²) in [7, 11) is 0. The Bertz CT molecular complexity index is 3570. The van der Waals surface area contributed by atoms with Crippen LogP contribution in [0.25, 0.3) is 66.8 Å². The molecule has 0 atom stereocenters. The minimum atomic E-state index is -0.372. The van der Waals surface area contributed by atoms with Gasteiger partial charge in [0, 0.05) is 17.1 Å². The van der Waals surface area contributed by atoms with Crippen molar-refractivity contribution in [2.24, 2.45) is 0 Å². The second kappa shape index (κ2) is 14.4. The van der Waals surface area contributed by atoms with Crippen LogP contribution in [0, 0.1) is 0 Å². The molecule has 4 aliphatic rings. The van der Waals surface area contributed by atoms with Crippen molar-refractivity contribution in [1.82, 2.24) is 0 Å². The maximum atomic E-state index is 2.38. The van der Waals surface area contributed by atoms with Crippen LogP contribution in [0.15, 0.2) is 261 Å². The summed E-state index contributed by atoms with van der Waals surface area (Å²) in [6.45, 7) is 0. The predicted octanol–water partition coefficient (Wildman–Crippen LogP) is 17.2. The quantitative estimate of drug-likeness (QED) is 0.167. The van der Waals surface area contributed by atoms with Crippen LogP contribution in [0.1, 0.15) is 44.5 Å². The molecule has 0 saturated carbocycles. The van der Waals surface area contributed by atoms with Gasteiger partial charge in [-0.1, -0.05) is 224 Å². The number of rotatable bonds is 5. The molecule has 0 bridgehead atoms. The van der Waals surface area contributed by atoms with Gasteiger partial charge in [-0.25, -0.2) is 0 Å². The van der Waals surface area contributed by atoms with E-state index in [0.29, 0.717) is 0 Å². The first-order valence-electron chi connectivity index (χ1n) is 24.2. The zero-order chi connectivity index (χ0) is 45.3. The SMILES string of the molecule is c1ccc(N(c2ccc(-c3cccc4c3-c3ccccc3C43c4ccccc4-c4ccccc43)cc2)c2ccc(-c3cccc4c3-c3ccccc3C43c4ccccc4-c4ccccc43)cc2)cc1. The first-order valence-corrected chi connectivity index (χ1v) is 24.2. The molecule has 0 saturated heterocycles. The zero-order valence-corrected chi connectivity index (χ0v) is 37.8. The maximum absolute atomic E-state index is 2.38. The van der Waals surface area contributed by atoms with Crippen LogP contribution < -0.4 is 4.90 Å². The zero-order valence-electron chi connectivity index (χ0n) is 37.8. The van der Waals surface area contributed by atoms with Crippen molar-refractivity contribution in [2.45, 2.75) is 10.8 Å². The lowest BCUT2D eigenvalue weighted by molar-refractivity contribution is 0.794. The molecule has 0 fully saturated rings. The molecule has 11 aromatic rings. The van der Waals surface area contributed by atoms with Crippen molar-refractivity contribution in [3.63, 3.8) is 0 Å². The summed E-state index contributed by atoms with van der Waals surface area (Å²) in [6, 6.07) is 97.5. The number of hydrogen-bond donors (Lipinski definition) is 0. The molecule has 15 rings (SSSR count). The number of hydrogen-bond acceptors (Lipinski definition) is 1. The molecule has 0 radical (unpaired) electrons. The molecule has 0 aromatic heterocycles. The number of nitrogens with zero attached hydrogens (tertiary/aromatic N) is 1. The van der Waals surface area contributed by atoms with Gasteiger partial charge in [0.1, 0.15) is 0 Å². The van der Waals surface area contributed by atoms with Crippen molar-refractivity contribution >= 4 is 17.1 Å². The van der Waals surface area contributed by atoms with Crippen molar-refractivity contribution in [3.05, 3.63) is 305 Å². The van der Waals surface area contributed by atoms with Gasteiger partial charge in [0.15, 0.2) is 0 Å². The predicted molar refractivity (Wildman–Crippen MR) is 285 cm³/mol. The summed E-state index contributed by atoms with van der Waals surface area (Å²) in [6.07, 6.45) is 0. The Morgan fingerprint density at radius 2 is 0.449 bits per heavy atom. The van der Waals surface area contributed by atoms with E-state index >= 15 is 0 Å². The second-order valence-corrected chi connectivity index (χ2v) is 19.0. The molecule has 0 unspecified atom stereocenters. The minimum absolute atomic E-state index is 0.372. The van der Waals surface area contributed by atoms with Crippen LogP contribution in [0.2, 0.25) is 0 Å². The number of fused-ring (bicyclic) bond motifs is 20. The van der Waals surface area contributed by atoms with Gasteiger partial charge in [-0.3, -0.25) is 0 Å². The highest BCUT2D eigenvalue weighted by atomic mass is 15.1. The molecule has 11 aromatic carbocycles. The lowest BCUT2D eigenvalue weighted by Crippen LogP contribution is -2.25. The van der Waals surface area contributed by atoms with Gasteiger partial charge in [0.25, 0.3) is 0 Å². The Labute approximate surface area is 402 Å². The third-order valence-corrected chi connectivity index (χ3v) is 15.9. The Kier molecular flexibility index (Phi) is 7.98.